The molecule has 0 saturated carbocycles. The normalized spacial score (nSPS) is 12.6. The number of rotatable bonds is 5. The number of ether oxygens (including phenoxy) is 2. The molecule has 1 aliphatic rings. The number of carbonyl (C=O) groups is 1. The van der Waals surface area contributed by atoms with Crippen molar-refractivity contribution in [1.82, 2.24) is 4.90 Å². The van der Waals surface area contributed by atoms with Crippen LogP contribution in [0.15, 0.2) is 53.0 Å². The molecule has 2 aromatic carbocycles. The van der Waals surface area contributed by atoms with Crippen LogP contribution in [0.25, 0.3) is 6.08 Å². The zero-order valence-electron chi connectivity index (χ0n) is 13.4. The second-order valence-electron chi connectivity index (χ2n) is 5.43. The molecule has 0 bridgehead atoms. The maximum atomic E-state index is 12.4. The average Bonchev–Trinajstić information content (AvgIpc) is 3.05. The van der Waals surface area contributed by atoms with Crippen molar-refractivity contribution in [2.24, 2.45) is 0 Å². The fourth-order valence-corrected chi connectivity index (χ4v) is 2.91. The lowest BCUT2D eigenvalue weighted by Crippen LogP contribution is -2.28. The van der Waals surface area contributed by atoms with Crippen LogP contribution in [0.4, 0.5) is 0 Å². The minimum atomic E-state index is -0.0184. The van der Waals surface area contributed by atoms with Crippen molar-refractivity contribution < 1.29 is 14.3 Å². The highest BCUT2D eigenvalue weighted by Gasteiger charge is 2.15. The summed E-state index contributed by atoms with van der Waals surface area (Å²) in [6.07, 6.45) is 3.44. The third kappa shape index (κ3) is 3.97. The Morgan fingerprint density at radius 2 is 2.04 bits per heavy atom. The highest BCUT2D eigenvalue weighted by atomic mass is 79.9. The van der Waals surface area contributed by atoms with Gasteiger partial charge in [0.1, 0.15) is 0 Å². The summed E-state index contributed by atoms with van der Waals surface area (Å²) < 4.78 is 11.7. The monoisotopic (exact) mass is 387 g/mol. The zero-order valence-corrected chi connectivity index (χ0v) is 15.0. The largest absolute Gasteiger partial charge is 0.454 e. The van der Waals surface area contributed by atoms with E-state index < -0.39 is 0 Å². The molecule has 0 radical (unpaired) electrons. The van der Waals surface area contributed by atoms with Gasteiger partial charge >= 0.3 is 0 Å². The van der Waals surface area contributed by atoms with Crippen LogP contribution >= 0.6 is 15.9 Å². The van der Waals surface area contributed by atoms with Gasteiger partial charge < -0.3 is 14.4 Å². The molecule has 124 valence electrons. The molecule has 0 atom stereocenters. The van der Waals surface area contributed by atoms with E-state index in [0.717, 1.165) is 27.1 Å². The SMILES string of the molecule is CCN(Cc1ccc2c(c1)OCO2)C(=O)/C=C/c1cccc(Br)c1. The first kappa shape index (κ1) is 16.6. The van der Waals surface area contributed by atoms with Gasteiger partial charge in [-0.3, -0.25) is 4.79 Å². The standard InChI is InChI=1S/C19H18BrNO3/c1-2-21(12-15-6-8-17-18(11-15)24-13-23-17)19(22)9-7-14-4-3-5-16(20)10-14/h3-11H,2,12-13H2,1H3/b9-7+. The van der Waals surface area contributed by atoms with Gasteiger partial charge in [0.05, 0.1) is 0 Å². The van der Waals surface area contributed by atoms with E-state index in [4.69, 9.17) is 9.47 Å². The Morgan fingerprint density at radius 3 is 2.83 bits per heavy atom. The van der Waals surface area contributed by atoms with Crippen molar-refractivity contribution in [3.8, 4) is 11.5 Å². The first-order chi connectivity index (χ1) is 11.7. The molecule has 2 aromatic rings. The van der Waals surface area contributed by atoms with Crippen LogP contribution in [0.3, 0.4) is 0 Å². The molecule has 0 aliphatic carbocycles. The van der Waals surface area contributed by atoms with E-state index in [2.05, 4.69) is 15.9 Å². The second kappa shape index (κ2) is 7.53. The van der Waals surface area contributed by atoms with E-state index in [9.17, 15) is 4.79 Å². The van der Waals surface area contributed by atoms with Gasteiger partial charge in [0.2, 0.25) is 12.7 Å². The number of nitrogens with zero attached hydrogens (tertiary/aromatic N) is 1. The molecule has 0 spiro atoms. The summed E-state index contributed by atoms with van der Waals surface area (Å²) in [4.78, 5) is 14.2. The number of fused-ring (bicyclic) bond motifs is 1. The number of benzene rings is 2. The molecule has 1 aliphatic heterocycles. The minimum absolute atomic E-state index is 0.0184. The Hall–Kier alpha value is -2.27. The van der Waals surface area contributed by atoms with E-state index >= 15 is 0 Å². The van der Waals surface area contributed by atoms with Gasteiger partial charge in [-0.25, -0.2) is 0 Å². The molecule has 24 heavy (non-hydrogen) atoms. The quantitative estimate of drug-likeness (QED) is 0.720. The van der Waals surface area contributed by atoms with Crippen molar-refractivity contribution in [2.75, 3.05) is 13.3 Å². The van der Waals surface area contributed by atoms with E-state index in [1.807, 2.05) is 55.5 Å². The molecular formula is C19H18BrNO3. The van der Waals surface area contributed by atoms with Crippen molar-refractivity contribution in [3.05, 3.63) is 64.1 Å². The van der Waals surface area contributed by atoms with Gasteiger partial charge in [-0.2, -0.15) is 0 Å². The fraction of sp³-hybridized carbons (Fsp3) is 0.211. The van der Waals surface area contributed by atoms with Crippen LogP contribution in [0.5, 0.6) is 11.5 Å². The van der Waals surface area contributed by atoms with E-state index in [0.29, 0.717) is 13.1 Å². The predicted molar refractivity (Wildman–Crippen MR) is 96.8 cm³/mol. The number of halogens is 1. The van der Waals surface area contributed by atoms with E-state index in [1.54, 1.807) is 11.0 Å². The Labute approximate surface area is 149 Å². The van der Waals surface area contributed by atoms with Crippen molar-refractivity contribution in [2.45, 2.75) is 13.5 Å². The van der Waals surface area contributed by atoms with Gasteiger partial charge in [0.15, 0.2) is 11.5 Å². The number of hydrogen-bond donors (Lipinski definition) is 0. The molecule has 0 saturated heterocycles. The maximum absolute atomic E-state index is 12.4. The number of carbonyl (C=O) groups excluding carboxylic acids is 1. The predicted octanol–water partition coefficient (Wildman–Crippen LogP) is 4.24. The lowest BCUT2D eigenvalue weighted by Gasteiger charge is -2.19. The molecule has 3 rings (SSSR count). The maximum Gasteiger partial charge on any atom is 0.246 e. The smallest absolute Gasteiger partial charge is 0.246 e. The molecular weight excluding hydrogens is 370 g/mol. The third-order valence-electron chi connectivity index (χ3n) is 3.77. The van der Waals surface area contributed by atoms with Gasteiger partial charge in [-0.15, -0.1) is 0 Å². The Morgan fingerprint density at radius 1 is 1.21 bits per heavy atom. The van der Waals surface area contributed by atoms with Crippen molar-refractivity contribution in [1.29, 1.82) is 0 Å². The zero-order chi connectivity index (χ0) is 16.9. The van der Waals surface area contributed by atoms with Crippen LogP contribution < -0.4 is 9.47 Å². The van der Waals surface area contributed by atoms with E-state index in [1.165, 1.54) is 0 Å². The minimum Gasteiger partial charge on any atom is -0.454 e. The molecule has 4 nitrogen and oxygen atoms in total. The summed E-state index contributed by atoms with van der Waals surface area (Å²) in [5.41, 5.74) is 2.00. The molecule has 0 aromatic heterocycles. The lowest BCUT2D eigenvalue weighted by molar-refractivity contribution is -0.126. The van der Waals surface area contributed by atoms with E-state index in [-0.39, 0.29) is 12.7 Å². The molecule has 0 fully saturated rings. The van der Waals surface area contributed by atoms with Crippen LogP contribution in [-0.2, 0) is 11.3 Å². The Kier molecular flexibility index (Phi) is 5.20. The lowest BCUT2D eigenvalue weighted by atomic mass is 10.1. The summed E-state index contributed by atoms with van der Waals surface area (Å²) in [6, 6.07) is 13.6. The number of likely N-dealkylation sites (N-methyl/N-ethyl adjacent to an activating group) is 1. The number of hydrogen-bond acceptors (Lipinski definition) is 3. The molecule has 5 heteroatoms. The summed E-state index contributed by atoms with van der Waals surface area (Å²) in [6.45, 7) is 3.40. The topological polar surface area (TPSA) is 38.8 Å². The third-order valence-corrected chi connectivity index (χ3v) is 4.26. The molecule has 1 amide bonds. The molecule has 0 unspecified atom stereocenters. The summed E-state index contributed by atoms with van der Waals surface area (Å²) in [5.74, 6) is 1.47. The van der Waals surface area contributed by atoms with Gasteiger partial charge in [0.25, 0.3) is 0 Å². The Balaban J connectivity index is 1.68. The van der Waals surface area contributed by atoms with Crippen LogP contribution in [0, 0.1) is 0 Å². The first-order valence-corrected chi connectivity index (χ1v) is 8.56. The molecule has 0 N–H and O–H groups in total. The highest BCUT2D eigenvalue weighted by molar-refractivity contribution is 9.10. The van der Waals surface area contributed by atoms with Gasteiger partial charge in [0, 0.05) is 23.6 Å². The second-order valence-corrected chi connectivity index (χ2v) is 6.34. The summed E-state index contributed by atoms with van der Waals surface area (Å²) in [7, 11) is 0. The van der Waals surface area contributed by atoms with Crippen LogP contribution in [0.1, 0.15) is 18.1 Å². The molecule has 1 heterocycles. The first-order valence-electron chi connectivity index (χ1n) is 7.77. The summed E-state index contributed by atoms with van der Waals surface area (Å²) >= 11 is 3.43. The van der Waals surface area contributed by atoms with Crippen molar-refractivity contribution in [3.63, 3.8) is 0 Å². The average molecular weight is 388 g/mol. The van der Waals surface area contributed by atoms with Crippen LogP contribution in [-0.4, -0.2) is 24.1 Å². The van der Waals surface area contributed by atoms with Crippen LogP contribution in [0.2, 0.25) is 0 Å². The van der Waals surface area contributed by atoms with Gasteiger partial charge in [-0.1, -0.05) is 34.1 Å². The van der Waals surface area contributed by atoms with Crippen molar-refractivity contribution >= 4 is 27.9 Å². The summed E-state index contributed by atoms with van der Waals surface area (Å²) in [5, 5.41) is 0. The number of amides is 1. The highest BCUT2D eigenvalue weighted by Crippen LogP contribution is 2.32. The Bertz CT molecular complexity index is 773. The van der Waals surface area contributed by atoms with Gasteiger partial charge in [-0.05, 0) is 48.4 Å². The fourth-order valence-electron chi connectivity index (χ4n) is 2.49.